The molecule has 0 aliphatic heterocycles. The highest BCUT2D eigenvalue weighted by atomic mass is 35.5. The van der Waals surface area contributed by atoms with Gasteiger partial charge in [0.05, 0.1) is 0 Å². The maximum Gasteiger partial charge on any atom is 0.112 e. The Labute approximate surface area is 187 Å². The molecule has 0 fully saturated rings. The minimum Gasteiger partial charge on any atom is -0.383 e. The van der Waals surface area contributed by atoms with E-state index in [4.69, 9.17) is 11.6 Å². The van der Waals surface area contributed by atoms with E-state index in [1.165, 1.54) is 0 Å². The third kappa shape index (κ3) is 5.13. The van der Waals surface area contributed by atoms with Crippen molar-refractivity contribution in [3.63, 3.8) is 0 Å². The first-order valence-electron chi connectivity index (χ1n) is 10.1. The Morgan fingerprint density at radius 1 is 0.581 bits per heavy atom. The third-order valence-corrected chi connectivity index (χ3v) is 5.24. The number of rotatable bonds is 5. The normalized spacial score (nSPS) is 11.2. The van der Waals surface area contributed by atoms with Crippen LogP contribution in [0.4, 0.5) is 0 Å². The Morgan fingerprint density at radius 2 is 1.03 bits per heavy atom. The van der Waals surface area contributed by atoms with Gasteiger partial charge in [-0.2, -0.15) is 0 Å². The number of aliphatic hydroxyl groups is 1. The van der Waals surface area contributed by atoms with E-state index in [-0.39, 0.29) is 0 Å². The van der Waals surface area contributed by atoms with E-state index >= 15 is 0 Å². The molecule has 0 radical (unpaired) electrons. The van der Waals surface area contributed by atoms with Crippen LogP contribution in [0.2, 0.25) is 5.02 Å². The molecule has 0 heterocycles. The monoisotopic (exact) mass is 420 g/mol. The van der Waals surface area contributed by atoms with Gasteiger partial charge in [0.2, 0.25) is 0 Å². The molecule has 31 heavy (non-hydrogen) atoms. The molecule has 0 saturated heterocycles. The molecule has 0 aromatic heterocycles. The zero-order valence-corrected chi connectivity index (χ0v) is 17.6. The summed E-state index contributed by atoms with van der Waals surface area (Å²) < 4.78 is 0. The highest BCUT2D eigenvalue weighted by Gasteiger charge is 2.15. The minimum atomic E-state index is -0.861. The van der Waals surface area contributed by atoms with Crippen molar-refractivity contribution in [2.24, 2.45) is 0 Å². The first-order valence-corrected chi connectivity index (χ1v) is 10.5. The highest BCUT2D eigenvalue weighted by Crippen LogP contribution is 2.30. The van der Waals surface area contributed by atoms with Crippen LogP contribution in [0.5, 0.6) is 0 Å². The van der Waals surface area contributed by atoms with Crippen molar-refractivity contribution >= 4 is 22.7 Å². The SMILES string of the molecule is OC(C(=C=C=C(c1ccccc1)c1ccccc1)c1ccccc1)c1ccc(Cl)cc1. The maximum atomic E-state index is 11.2. The molecule has 1 atom stereocenters. The van der Waals surface area contributed by atoms with E-state index in [9.17, 15) is 5.11 Å². The molecular weight excluding hydrogens is 400 g/mol. The smallest absolute Gasteiger partial charge is 0.112 e. The van der Waals surface area contributed by atoms with Crippen molar-refractivity contribution in [3.8, 4) is 0 Å². The molecule has 0 bridgehead atoms. The second-order valence-electron chi connectivity index (χ2n) is 7.09. The third-order valence-electron chi connectivity index (χ3n) is 4.99. The van der Waals surface area contributed by atoms with Crippen molar-refractivity contribution in [2.75, 3.05) is 0 Å². The quantitative estimate of drug-likeness (QED) is 0.335. The number of hydrogen-bond acceptors (Lipinski definition) is 1. The van der Waals surface area contributed by atoms with Gasteiger partial charge in [-0.1, -0.05) is 126 Å². The molecular formula is C29H21ClO. The van der Waals surface area contributed by atoms with Crippen LogP contribution in [-0.4, -0.2) is 5.11 Å². The van der Waals surface area contributed by atoms with Crippen LogP contribution in [0.3, 0.4) is 0 Å². The zero-order valence-electron chi connectivity index (χ0n) is 16.9. The van der Waals surface area contributed by atoms with Gasteiger partial charge in [-0.05, 0) is 34.4 Å². The van der Waals surface area contributed by atoms with Crippen LogP contribution in [0, 0.1) is 0 Å². The van der Waals surface area contributed by atoms with Gasteiger partial charge >= 0.3 is 0 Å². The largest absolute Gasteiger partial charge is 0.383 e. The predicted octanol–water partition coefficient (Wildman–Crippen LogP) is 7.34. The molecule has 1 unspecified atom stereocenters. The summed E-state index contributed by atoms with van der Waals surface area (Å²) in [7, 11) is 0. The summed E-state index contributed by atoms with van der Waals surface area (Å²) in [5.74, 6) is 0. The Hall–Kier alpha value is -3.57. The lowest BCUT2D eigenvalue weighted by atomic mass is 9.95. The molecule has 4 rings (SSSR count). The van der Waals surface area contributed by atoms with Crippen LogP contribution in [-0.2, 0) is 0 Å². The fraction of sp³-hybridized carbons (Fsp3) is 0.0345. The van der Waals surface area contributed by atoms with Crippen LogP contribution in [0.25, 0.3) is 11.1 Å². The molecule has 150 valence electrons. The Kier molecular flexibility index (Phi) is 6.65. The van der Waals surface area contributed by atoms with E-state index in [2.05, 4.69) is 35.7 Å². The van der Waals surface area contributed by atoms with Gasteiger partial charge in [-0.15, -0.1) is 0 Å². The standard InChI is InChI=1S/C29H21ClO/c30-26-18-16-25(17-19-26)29(31)28(24-14-8-3-9-15-24)21-20-27(22-10-4-1-5-11-22)23-12-6-2-7-13-23/h1-19,29,31H. The average molecular weight is 421 g/mol. The first kappa shape index (κ1) is 20.7. The van der Waals surface area contributed by atoms with Crippen molar-refractivity contribution in [1.82, 2.24) is 0 Å². The number of halogens is 1. The molecule has 0 amide bonds. The summed E-state index contributed by atoms with van der Waals surface area (Å²) in [4.78, 5) is 0. The summed E-state index contributed by atoms with van der Waals surface area (Å²) >= 11 is 6.03. The van der Waals surface area contributed by atoms with Crippen LogP contribution < -0.4 is 0 Å². The maximum absolute atomic E-state index is 11.2. The second kappa shape index (κ2) is 9.96. The molecule has 0 aliphatic rings. The molecule has 0 aliphatic carbocycles. The average Bonchev–Trinajstić information content (AvgIpc) is 2.84. The molecule has 1 nitrogen and oxygen atoms in total. The summed E-state index contributed by atoms with van der Waals surface area (Å²) in [6, 6.07) is 37.2. The molecule has 4 aromatic rings. The number of aliphatic hydroxyl groups excluding tert-OH is 1. The highest BCUT2D eigenvalue weighted by molar-refractivity contribution is 6.30. The first-order chi connectivity index (χ1) is 15.2. The fourth-order valence-corrected chi connectivity index (χ4v) is 3.50. The van der Waals surface area contributed by atoms with Crippen LogP contribution >= 0.6 is 11.6 Å². The van der Waals surface area contributed by atoms with Gasteiger partial charge in [0.25, 0.3) is 0 Å². The topological polar surface area (TPSA) is 20.2 Å². The van der Waals surface area contributed by atoms with Crippen molar-refractivity contribution in [2.45, 2.75) is 6.10 Å². The molecule has 2 heteroatoms. The van der Waals surface area contributed by atoms with E-state index in [0.29, 0.717) is 10.6 Å². The summed E-state index contributed by atoms with van der Waals surface area (Å²) in [6.07, 6.45) is -0.861. The van der Waals surface area contributed by atoms with E-state index in [0.717, 1.165) is 27.8 Å². The van der Waals surface area contributed by atoms with Crippen LogP contribution in [0.1, 0.15) is 28.4 Å². The van der Waals surface area contributed by atoms with Gasteiger partial charge in [0, 0.05) is 16.2 Å². The molecule has 0 saturated carbocycles. The van der Waals surface area contributed by atoms with Gasteiger partial charge in [0.15, 0.2) is 0 Å². The second-order valence-corrected chi connectivity index (χ2v) is 7.53. The molecule has 1 N–H and O–H groups in total. The lowest BCUT2D eigenvalue weighted by Gasteiger charge is -2.14. The van der Waals surface area contributed by atoms with E-state index in [1.54, 1.807) is 12.1 Å². The van der Waals surface area contributed by atoms with Crippen molar-refractivity contribution in [1.29, 1.82) is 0 Å². The Morgan fingerprint density at radius 3 is 1.52 bits per heavy atom. The van der Waals surface area contributed by atoms with E-state index < -0.39 is 6.10 Å². The van der Waals surface area contributed by atoms with Gasteiger partial charge < -0.3 is 5.11 Å². The number of benzene rings is 4. The predicted molar refractivity (Wildman–Crippen MR) is 129 cm³/mol. The fourth-order valence-electron chi connectivity index (χ4n) is 3.38. The Bertz CT molecular complexity index is 1190. The summed E-state index contributed by atoms with van der Waals surface area (Å²) in [6.45, 7) is 0. The Balaban J connectivity index is 1.96. The van der Waals surface area contributed by atoms with Crippen molar-refractivity contribution < 1.29 is 5.11 Å². The van der Waals surface area contributed by atoms with E-state index in [1.807, 2.05) is 78.9 Å². The van der Waals surface area contributed by atoms with Gasteiger partial charge in [-0.25, -0.2) is 0 Å². The minimum absolute atomic E-state index is 0.632. The lowest BCUT2D eigenvalue weighted by molar-refractivity contribution is 0.238. The van der Waals surface area contributed by atoms with Crippen molar-refractivity contribution in [3.05, 3.63) is 154 Å². The summed E-state index contributed by atoms with van der Waals surface area (Å²) in [5.41, 5.74) is 11.9. The summed E-state index contributed by atoms with van der Waals surface area (Å²) in [5, 5.41) is 11.8. The lowest BCUT2D eigenvalue weighted by Crippen LogP contribution is -2.00. The van der Waals surface area contributed by atoms with Crippen LogP contribution in [0.15, 0.2) is 127 Å². The van der Waals surface area contributed by atoms with Gasteiger partial charge in [-0.3, -0.25) is 0 Å². The zero-order chi connectivity index (χ0) is 21.5. The van der Waals surface area contributed by atoms with Gasteiger partial charge in [0.1, 0.15) is 6.10 Å². The molecule has 0 spiro atoms. The number of hydrogen-bond donors (Lipinski definition) is 1. The molecule has 4 aromatic carbocycles.